The fourth-order valence-electron chi connectivity index (χ4n) is 4.33. The quantitative estimate of drug-likeness (QED) is 0.246. The molecule has 0 N–H and O–H groups in total. The molecule has 0 fully saturated rings. The van der Waals surface area contributed by atoms with Crippen molar-refractivity contribution >= 4 is 33.3 Å². The zero-order valence-electron chi connectivity index (χ0n) is 19.2. The molecule has 3 heterocycles. The number of aryl methyl sites for hydroxylation is 2. The van der Waals surface area contributed by atoms with Gasteiger partial charge in [0, 0.05) is 17.1 Å². The number of rotatable bonds is 6. The summed E-state index contributed by atoms with van der Waals surface area (Å²) in [6.07, 6.45) is 1.85. The molecule has 0 unspecified atom stereocenters. The van der Waals surface area contributed by atoms with Crippen molar-refractivity contribution in [3.05, 3.63) is 86.5 Å². The van der Waals surface area contributed by atoms with Gasteiger partial charge in [0.25, 0.3) is 5.56 Å². The number of thioether (sulfide) groups is 1. The molecule has 2 aromatic heterocycles. The summed E-state index contributed by atoms with van der Waals surface area (Å²) in [5.41, 5.74) is 4.47. The van der Waals surface area contributed by atoms with Gasteiger partial charge in [0.05, 0.1) is 23.8 Å². The Hall–Kier alpha value is -2.41. The topological polar surface area (TPSA) is 44.1 Å². The summed E-state index contributed by atoms with van der Waals surface area (Å²) >= 11 is 3.27. The maximum Gasteiger partial charge on any atom is 0.267 e. The maximum absolute atomic E-state index is 14.0. The fourth-order valence-corrected chi connectivity index (χ4v) is 6.50. The van der Waals surface area contributed by atoms with Crippen LogP contribution in [0.3, 0.4) is 0 Å². The van der Waals surface area contributed by atoms with Crippen molar-refractivity contribution in [1.29, 1.82) is 0 Å². The van der Waals surface area contributed by atoms with E-state index in [4.69, 9.17) is 9.72 Å². The first-order valence-corrected chi connectivity index (χ1v) is 13.2. The fraction of sp³-hybridized carbons (Fsp3) is 0.333. The molecule has 4 nitrogen and oxygen atoms in total. The number of ether oxygens (including phenoxy) is 1. The Labute approximate surface area is 202 Å². The minimum Gasteiger partial charge on any atom is -0.372 e. The van der Waals surface area contributed by atoms with Crippen molar-refractivity contribution in [2.75, 3.05) is 5.75 Å². The van der Waals surface area contributed by atoms with E-state index in [0.29, 0.717) is 12.5 Å². The molecule has 0 amide bonds. The number of aromatic nitrogens is 2. The van der Waals surface area contributed by atoms with Crippen LogP contribution in [-0.4, -0.2) is 21.4 Å². The average molecular weight is 477 g/mol. The van der Waals surface area contributed by atoms with E-state index in [1.165, 1.54) is 5.56 Å². The highest BCUT2D eigenvalue weighted by Crippen LogP contribution is 2.36. The molecule has 1 atom stereocenters. The Bertz CT molecular complexity index is 1340. The number of nitrogens with zero attached hydrogens (tertiary/aromatic N) is 2. The van der Waals surface area contributed by atoms with Gasteiger partial charge in [-0.1, -0.05) is 68.1 Å². The standard InChI is InChI=1S/C27H28N2O2S2/c1-17(2)22-15-21-23(16-31-22)33-25-24(21)26(30)29(20-11-7-8-18(3)14-20)27(28-25)32-13-12-19-9-5-4-6-10-19/h4-11,14,17,22H,12-13,15-16H2,1-3H3/t22-/m0/s1. The summed E-state index contributed by atoms with van der Waals surface area (Å²) in [6, 6.07) is 18.6. The lowest BCUT2D eigenvalue weighted by molar-refractivity contribution is 0.00200. The lowest BCUT2D eigenvalue weighted by atomic mass is 9.96. The minimum absolute atomic E-state index is 0.0368. The Morgan fingerprint density at radius 3 is 2.76 bits per heavy atom. The van der Waals surface area contributed by atoms with Gasteiger partial charge in [0.2, 0.25) is 0 Å². The summed E-state index contributed by atoms with van der Waals surface area (Å²) in [6.45, 7) is 6.98. The van der Waals surface area contributed by atoms with Crippen molar-refractivity contribution < 1.29 is 4.74 Å². The van der Waals surface area contributed by atoms with Crippen LogP contribution in [0.5, 0.6) is 0 Å². The normalized spacial score (nSPS) is 15.8. The van der Waals surface area contributed by atoms with Crippen LogP contribution >= 0.6 is 23.1 Å². The van der Waals surface area contributed by atoms with Crippen LogP contribution in [0.25, 0.3) is 15.9 Å². The number of hydrogen-bond donors (Lipinski definition) is 0. The van der Waals surface area contributed by atoms with Gasteiger partial charge in [-0.3, -0.25) is 9.36 Å². The highest BCUT2D eigenvalue weighted by molar-refractivity contribution is 7.99. The molecule has 1 aliphatic rings. The maximum atomic E-state index is 14.0. The summed E-state index contributed by atoms with van der Waals surface area (Å²) in [4.78, 5) is 21.0. The molecule has 1 aliphatic heterocycles. The predicted octanol–water partition coefficient (Wildman–Crippen LogP) is 6.19. The largest absolute Gasteiger partial charge is 0.372 e. The molecule has 0 radical (unpaired) electrons. The van der Waals surface area contributed by atoms with Crippen molar-refractivity contribution in [3.8, 4) is 5.69 Å². The van der Waals surface area contributed by atoms with Crippen molar-refractivity contribution in [1.82, 2.24) is 9.55 Å². The Balaban J connectivity index is 1.59. The van der Waals surface area contributed by atoms with Crippen LogP contribution in [0, 0.1) is 12.8 Å². The Morgan fingerprint density at radius 1 is 1.18 bits per heavy atom. The second-order valence-electron chi connectivity index (χ2n) is 8.94. The van der Waals surface area contributed by atoms with E-state index in [1.54, 1.807) is 23.1 Å². The van der Waals surface area contributed by atoms with Gasteiger partial charge >= 0.3 is 0 Å². The molecule has 0 saturated carbocycles. The third kappa shape index (κ3) is 4.52. The summed E-state index contributed by atoms with van der Waals surface area (Å²) in [5.74, 6) is 1.27. The molecule has 170 valence electrons. The third-order valence-electron chi connectivity index (χ3n) is 6.18. The second-order valence-corrected chi connectivity index (χ2v) is 11.1. The second kappa shape index (κ2) is 9.45. The first kappa shape index (κ1) is 22.4. The highest BCUT2D eigenvalue weighted by Gasteiger charge is 2.28. The summed E-state index contributed by atoms with van der Waals surface area (Å²) in [7, 11) is 0. The van der Waals surface area contributed by atoms with Gasteiger partial charge in [-0.15, -0.1) is 11.3 Å². The van der Waals surface area contributed by atoms with E-state index in [1.807, 2.05) is 22.8 Å². The minimum atomic E-state index is 0.0368. The van der Waals surface area contributed by atoms with E-state index in [9.17, 15) is 4.79 Å². The van der Waals surface area contributed by atoms with Gasteiger partial charge in [-0.2, -0.15) is 0 Å². The van der Waals surface area contributed by atoms with Crippen LogP contribution in [-0.2, 0) is 24.2 Å². The van der Waals surface area contributed by atoms with Crippen LogP contribution in [0.15, 0.2) is 64.5 Å². The lowest BCUT2D eigenvalue weighted by Gasteiger charge is -2.26. The highest BCUT2D eigenvalue weighted by atomic mass is 32.2. The third-order valence-corrected chi connectivity index (χ3v) is 8.22. The van der Waals surface area contributed by atoms with Gasteiger partial charge in [-0.05, 0) is 48.1 Å². The smallest absolute Gasteiger partial charge is 0.267 e. The molecule has 0 aliphatic carbocycles. The van der Waals surface area contributed by atoms with E-state index in [2.05, 4.69) is 57.2 Å². The zero-order chi connectivity index (χ0) is 22.9. The van der Waals surface area contributed by atoms with Crippen LogP contribution in [0.2, 0.25) is 0 Å². The van der Waals surface area contributed by atoms with E-state index in [-0.39, 0.29) is 11.7 Å². The average Bonchev–Trinajstić information content (AvgIpc) is 3.17. The van der Waals surface area contributed by atoms with Gasteiger partial charge in [0.15, 0.2) is 5.16 Å². The molecular formula is C27H28N2O2S2. The molecular weight excluding hydrogens is 448 g/mol. The van der Waals surface area contributed by atoms with Gasteiger partial charge in [0.1, 0.15) is 4.83 Å². The monoisotopic (exact) mass is 476 g/mol. The van der Waals surface area contributed by atoms with Crippen LogP contribution < -0.4 is 5.56 Å². The van der Waals surface area contributed by atoms with E-state index in [0.717, 1.165) is 55.7 Å². The zero-order valence-corrected chi connectivity index (χ0v) is 20.8. The van der Waals surface area contributed by atoms with Gasteiger partial charge < -0.3 is 4.74 Å². The van der Waals surface area contributed by atoms with Gasteiger partial charge in [-0.25, -0.2) is 4.98 Å². The molecule has 2 aromatic carbocycles. The molecule has 0 saturated heterocycles. The van der Waals surface area contributed by atoms with Crippen molar-refractivity contribution in [3.63, 3.8) is 0 Å². The van der Waals surface area contributed by atoms with E-state index < -0.39 is 0 Å². The molecule has 0 bridgehead atoms. The number of thiophene rings is 1. The molecule has 4 aromatic rings. The SMILES string of the molecule is Cc1cccc(-n2c(SCCc3ccccc3)nc3sc4c(c3c2=O)C[C@@H](C(C)C)OC4)c1. The summed E-state index contributed by atoms with van der Waals surface area (Å²) in [5, 5.41) is 1.53. The predicted molar refractivity (Wildman–Crippen MR) is 138 cm³/mol. The first-order valence-electron chi connectivity index (χ1n) is 11.4. The number of benzene rings is 2. The Kier molecular flexibility index (Phi) is 6.41. The number of fused-ring (bicyclic) bond motifs is 3. The Morgan fingerprint density at radius 2 is 2.00 bits per heavy atom. The van der Waals surface area contributed by atoms with Crippen LogP contribution in [0.1, 0.15) is 35.4 Å². The van der Waals surface area contributed by atoms with E-state index >= 15 is 0 Å². The molecule has 6 heteroatoms. The molecule has 5 rings (SSSR count). The summed E-state index contributed by atoms with van der Waals surface area (Å²) < 4.78 is 7.90. The lowest BCUT2D eigenvalue weighted by Crippen LogP contribution is -2.28. The first-order chi connectivity index (χ1) is 16.0. The van der Waals surface area contributed by atoms with Crippen molar-refractivity contribution in [2.24, 2.45) is 5.92 Å². The van der Waals surface area contributed by atoms with Crippen LogP contribution in [0.4, 0.5) is 0 Å². The molecule has 0 spiro atoms. The number of hydrogen-bond acceptors (Lipinski definition) is 5. The van der Waals surface area contributed by atoms with Crippen molar-refractivity contribution in [2.45, 2.75) is 51.5 Å². The molecule has 33 heavy (non-hydrogen) atoms.